The Kier molecular flexibility index (Phi) is 4.21. The SMILES string of the molecule is CC1CCNC1C(=O)Nc1ccc(C(=O)O)cc1Br. The molecule has 0 radical (unpaired) electrons. The Labute approximate surface area is 119 Å². The minimum atomic E-state index is -0.996. The monoisotopic (exact) mass is 326 g/mol. The maximum absolute atomic E-state index is 12.1. The molecule has 1 heterocycles. The third-order valence-electron chi connectivity index (χ3n) is 3.29. The number of nitrogens with one attached hydrogen (secondary N) is 2. The number of hydrogen-bond acceptors (Lipinski definition) is 3. The fourth-order valence-electron chi connectivity index (χ4n) is 2.15. The molecule has 5 nitrogen and oxygen atoms in total. The minimum Gasteiger partial charge on any atom is -0.478 e. The standard InChI is InChI=1S/C13H15BrN2O3/c1-7-4-5-15-11(7)12(17)16-10-3-2-8(13(18)19)6-9(10)14/h2-3,6-7,11,15H,4-5H2,1H3,(H,16,17)(H,18,19). The first kappa shape index (κ1) is 14.0. The van der Waals surface area contributed by atoms with Crippen molar-refractivity contribution >= 4 is 33.5 Å². The first-order valence-corrected chi connectivity index (χ1v) is 6.85. The lowest BCUT2D eigenvalue weighted by atomic mass is 10.0. The van der Waals surface area contributed by atoms with Crippen LogP contribution in [0.25, 0.3) is 0 Å². The molecule has 0 bridgehead atoms. The summed E-state index contributed by atoms with van der Waals surface area (Å²) < 4.78 is 0.561. The van der Waals surface area contributed by atoms with E-state index in [1.165, 1.54) is 12.1 Å². The van der Waals surface area contributed by atoms with Crippen LogP contribution in [0.3, 0.4) is 0 Å². The van der Waals surface area contributed by atoms with E-state index in [1.807, 2.05) is 6.92 Å². The molecule has 6 heteroatoms. The van der Waals surface area contributed by atoms with Crippen LogP contribution in [-0.4, -0.2) is 29.6 Å². The number of hydrogen-bond donors (Lipinski definition) is 3. The normalized spacial score (nSPS) is 22.2. The summed E-state index contributed by atoms with van der Waals surface area (Å²) in [6, 6.07) is 4.34. The average Bonchev–Trinajstić information content (AvgIpc) is 2.77. The number of amides is 1. The van der Waals surface area contributed by atoms with E-state index in [-0.39, 0.29) is 17.5 Å². The smallest absolute Gasteiger partial charge is 0.335 e. The van der Waals surface area contributed by atoms with Gasteiger partial charge in [0.1, 0.15) is 0 Å². The average molecular weight is 327 g/mol. The second-order valence-electron chi connectivity index (χ2n) is 4.69. The van der Waals surface area contributed by atoms with Crippen LogP contribution in [0.4, 0.5) is 5.69 Å². The highest BCUT2D eigenvalue weighted by Gasteiger charge is 2.29. The lowest BCUT2D eigenvalue weighted by Crippen LogP contribution is -2.39. The lowest BCUT2D eigenvalue weighted by molar-refractivity contribution is -0.118. The van der Waals surface area contributed by atoms with Crippen molar-refractivity contribution in [2.45, 2.75) is 19.4 Å². The number of halogens is 1. The fourth-order valence-corrected chi connectivity index (χ4v) is 2.62. The summed E-state index contributed by atoms with van der Waals surface area (Å²) in [7, 11) is 0. The lowest BCUT2D eigenvalue weighted by Gasteiger charge is -2.16. The fraction of sp³-hybridized carbons (Fsp3) is 0.385. The Morgan fingerprint density at radius 3 is 2.74 bits per heavy atom. The van der Waals surface area contributed by atoms with Gasteiger partial charge in [-0.15, -0.1) is 0 Å². The highest BCUT2D eigenvalue weighted by molar-refractivity contribution is 9.10. The molecule has 2 atom stereocenters. The van der Waals surface area contributed by atoms with E-state index in [9.17, 15) is 9.59 Å². The maximum Gasteiger partial charge on any atom is 0.335 e. The Bertz CT molecular complexity index is 519. The van der Waals surface area contributed by atoms with Crippen molar-refractivity contribution in [3.63, 3.8) is 0 Å². The van der Waals surface area contributed by atoms with Crippen molar-refractivity contribution in [2.24, 2.45) is 5.92 Å². The molecule has 1 aliphatic rings. The van der Waals surface area contributed by atoms with Gasteiger partial charge in [-0.3, -0.25) is 4.79 Å². The molecule has 1 aliphatic heterocycles. The summed E-state index contributed by atoms with van der Waals surface area (Å²) in [5, 5.41) is 14.8. The van der Waals surface area contributed by atoms with Gasteiger partial charge in [0.25, 0.3) is 0 Å². The van der Waals surface area contributed by atoms with Gasteiger partial charge in [-0.25, -0.2) is 4.79 Å². The van der Waals surface area contributed by atoms with Gasteiger partial charge in [0.15, 0.2) is 0 Å². The van der Waals surface area contributed by atoms with Crippen LogP contribution in [0.5, 0.6) is 0 Å². The molecule has 0 aliphatic carbocycles. The van der Waals surface area contributed by atoms with E-state index in [1.54, 1.807) is 6.07 Å². The molecule has 0 spiro atoms. The van der Waals surface area contributed by atoms with Crippen LogP contribution < -0.4 is 10.6 Å². The van der Waals surface area contributed by atoms with Crippen LogP contribution in [-0.2, 0) is 4.79 Å². The minimum absolute atomic E-state index is 0.0891. The van der Waals surface area contributed by atoms with Gasteiger partial charge in [-0.1, -0.05) is 6.92 Å². The Morgan fingerprint density at radius 2 is 2.21 bits per heavy atom. The van der Waals surface area contributed by atoms with Crippen molar-refractivity contribution in [2.75, 3.05) is 11.9 Å². The van der Waals surface area contributed by atoms with Crippen molar-refractivity contribution in [1.82, 2.24) is 5.32 Å². The molecule has 0 saturated carbocycles. The van der Waals surface area contributed by atoms with E-state index in [2.05, 4.69) is 26.6 Å². The second-order valence-corrected chi connectivity index (χ2v) is 5.54. The van der Waals surface area contributed by atoms with Gasteiger partial charge >= 0.3 is 5.97 Å². The van der Waals surface area contributed by atoms with Crippen LogP contribution in [0.15, 0.2) is 22.7 Å². The number of anilines is 1. The number of rotatable bonds is 3. The Morgan fingerprint density at radius 1 is 1.47 bits per heavy atom. The maximum atomic E-state index is 12.1. The van der Waals surface area contributed by atoms with Crippen LogP contribution in [0.1, 0.15) is 23.7 Å². The molecular formula is C13H15BrN2O3. The molecule has 1 aromatic rings. The topological polar surface area (TPSA) is 78.4 Å². The molecule has 2 rings (SSSR count). The van der Waals surface area contributed by atoms with Crippen LogP contribution in [0, 0.1) is 5.92 Å². The van der Waals surface area contributed by atoms with E-state index in [0.29, 0.717) is 16.1 Å². The van der Waals surface area contributed by atoms with Gasteiger partial charge in [0.2, 0.25) is 5.91 Å². The first-order chi connectivity index (χ1) is 8.99. The number of benzene rings is 1. The zero-order chi connectivity index (χ0) is 14.0. The van der Waals surface area contributed by atoms with E-state index in [4.69, 9.17) is 5.11 Å². The molecule has 1 saturated heterocycles. The number of carbonyl (C=O) groups excluding carboxylic acids is 1. The molecular weight excluding hydrogens is 312 g/mol. The summed E-state index contributed by atoms with van der Waals surface area (Å²) in [4.78, 5) is 22.9. The number of carbonyl (C=O) groups is 2. The molecule has 0 aromatic heterocycles. The van der Waals surface area contributed by atoms with Crippen molar-refractivity contribution in [1.29, 1.82) is 0 Å². The van der Waals surface area contributed by atoms with Gasteiger partial charge < -0.3 is 15.7 Å². The number of aromatic carboxylic acids is 1. The quantitative estimate of drug-likeness (QED) is 0.794. The summed E-state index contributed by atoms with van der Waals surface area (Å²) in [6.45, 7) is 2.88. The van der Waals surface area contributed by atoms with Crippen molar-refractivity contribution in [3.8, 4) is 0 Å². The highest BCUT2D eigenvalue weighted by atomic mass is 79.9. The predicted molar refractivity (Wildman–Crippen MR) is 75.3 cm³/mol. The third kappa shape index (κ3) is 3.13. The van der Waals surface area contributed by atoms with Gasteiger partial charge in [0, 0.05) is 4.47 Å². The molecule has 1 amide bonds. The van der Waals surface area contributed by atoms with Crippen molar-refractivity contribution < 1.29 is 14.7 Å². The third-order valence-corrected chi connectivity index (χ3v) is 3.95. The zero-order valence-corrected chi connectivity index (χ0v) is 12.0. The highest BCUT2D eigenvalue weighted by Crippen LogP contribution is 2.25. The molecule has 1 aromatic carbocycles. The van der Waals surface area contributed by atoms with E-state index < -0.39 is 5.97 Å². The Balaban J connectivity index is 2.11. The summed E-state index contributed by atoms with van der Waals surface area (Å²) in [5.74, 6) is -0.782. The van der Waals surface area contributed by atoms with Crippen molar-refractivity contribution in [3.05, 3.63) is 28.2 Å². The number of carboxylic acids is 1. The molecule has 1 fully saturated rings. The van der Waals surface area contributed by atoms with Crippen LogP contribution in [0.2, 0.25) is 0 Å². The molecule has 2 unspecified atom stereocenters. The van der Waals surface area contributed by atoms with Crippen LogP contribution >= 0.6 is 15.9 Å². The largest absolute Gasteiger partial charge is 0.478 e. The van der Waals surface area contributed by atoms with E-state index in [0.717, 1.165) is 13.0 Å². The zero-order valence-electron chi connectivity index (χ0n) is 10.4. The Hall–Kier alpha value is -1.40. The summed E-state index contributed by atoms with van der Waals surface area (Å²) >= 11 is 3.27. The molecule has 102 valence electrons. The molecule has 3 N–H and O–H groups in total. The number of carboxylic acid groups (broad SMARTS) is 1. The van der Waals surface area contributed by atoms with Gasteiger partial charge in [-0.05, 0) is 53.0 Å². The second kappa shape index (κ2) is 5.71. The van der Waals surface area contributed by atoms with Gasteiger partial charge in [-0.2, -0.15) is 0 Å². The molecule has 19 heavy (non-hydrogen) atoms. The van der Waals surface area contributed by atoms with Gasteiger partial charge in [0.05, 0.1) is 17.3 Å². The summed E-state index contributed by atoms with van der Waals surface area (Å²) in [5.41, 5.74) is 0.758. The van der Waals surface area contributed by atoms with E-state index >= 15 is 0 Å². The first-order valence-electron chi connectivity index (χ1n) is 6.06. The summed E-state index contributed by atoms with van der Waals surface area (Å²) in [6.07, 6.45) is 0.983. The predicted octanol–water partition coefficient (Wildman–Crippen LogP) is 2.08.